The van der Waals surface area contributed by atoms with Crippen molar-refractivity contribution in [3.8, 4) is 0 Å². The van der Waals surface area contributed by atoms with Crippen molar-refractivity contribution < 1.29 is 27.2 Å². The first-order valence-electron chi connectivity index (χ1n) is 7.01. The van der Waals surface area contributed by atoms with Crippen LogP contribution in [0.4, 0.5) is 0 Å². The van der Waals surface area contributed by atoms with Gasteiger partial charge in [0.2, 0.25) is 0 Å². The van der Waals surface area contributed by atoms with Crippen molar-refractivity contribution in [1.82, 2.24) is 0 Å². The van der Waals surface area contributed by atoms with Crippen molar-refractivity contribution in [2.75, 3.05) is 13.2 Å². The van der Waals surface area contributed by atoms with Crippen LogP contribution in [0, 0.1) is 12.8 Å². The van der Waals surface area contributed by atoms with E-state index in [4.69, 9.17) is 8.92 Å². The second-order valence-corrected chi connectivity index (χ2v) is 7.02. The number of hydrogen-bond acceptors (Lipinski definition) is 6. The normalized spacial score (nSPS) is 13.1. The van der Waals surface area contributed by atoms with Crippen LogP contribution in [0.2, 0.25) is 0 Å². The quantitative estimate of drug-likeness (QED) is 0.576. The molecule has 0 bridgehead atoms. The maximum atomic E-state index is 12.0. The molecule has 0 saturated heterocycles. The molecular weight excluding hydrogens is 308 g/mol. The molecule has 0 fully saturated rings. The van der Waals surface area contributed by atoms with E-state index in [9.17, 15) is 18.3 Å². The van der Waals surface area contributed by atoms with Crippen LogP contribution < -0.4 is 0 Å². The monoisotopic (exact) mass is 330 g/mol. The minimum atomic E-state index is -3.96. The van der Waals surface area contributed by atoms with Crippen molar-refractivity contribution in [2.24, 2.45) is 5.92 Å². The molecule has 7 heteroatoms. The number of aliphatic hydroxyl groups excluding tert-OH is 1. The smallest absolute Gasteiger partial charge is 0.308 e. The van der Waals surface area contributed by atoms with Crippen LogP contribution in [0.15, 0.2) is 29.2 Å². The van der Waals surface area contributed by atoms with E-state index in [1.807, 2.05) is 13.8 Å². The Morgan fingerprint density at radius 1 is 1.23 bits per heavy atom. The fourth-order valence-electron chi connectivity index (χ4n) is 1.64. The molecular formula is C15H22O6S. The van der Waals surface area contributed by atoms with Crippen molar-refractivity contribution in [3.05, 3.63) is 29.8 Å². The van der Waals surface area contributed by atoms with Crippen LogP contribution in [-0.4, -0.2) is 38.8 Å². The van der Waals surface area contributed by atoms with Gasteiger partial charge in [0.05, 0.1) is 30.6 Å². The minimum Gasteiger partial charge on any atom is -0.465 e. The van der Waals surface area contributed by atoms with Gasteiger partial charge in [0.15, 0.2) is 0 Å². The van der Waals surface area contributed by atoms with E-state index in [1.54, 1.807) is 25.1 Å². The lowest BCUT2D eigenvalue weighted by atomic mass is 10.2. The summed E-state index contributed by atoms with van der Waals surface area (Å²) < 4.78 is 33.7. The van der Waals surface area contributed by atoms with E-state index in [2.05, 4.69) is 0 Å². The lowest BCUT2D eigenvalue weighted by Gasteiger charge is -2.13. The average molecular weight is 330 g/mol. The molecule has 0 aliphatic heterocycles. The zero-order valence-electron chi connectivity index (χ0n) is 13.0. The standard InChI is InChI=1S/C15H22O6S/c1-11(2)9-20-15(17)8-13(16)10-21-22(18,19)14-7-5-4-6-12(14)3/h4-7,11,13,16H,8-10H2,1-3H3. The number of ether oxygens (including phenoxy) is 1. The number of rotatable bonds is 8. The summed E-state index contributed by atoms with van der Waals surface area (Å²) in [5.41, 5.74) is 0.549. The van der Waals surface area contributed by atoms with E-state index in [0.717, 1.165) is 0 Å². The molecule has 0 spiro atoms. The summed E-state index contributed by atoms with van der Waals surface area (Å²) in [4.78, 5) is 11.5. The van der Waals surface area contributed by atoms with Gasteiger partial charge in [-0.05, 0) is 24.5 Å². The molecule has 0 saturated carbocycles. The Bertz CT molecular complexity index is 594. The summed E-state index contributed by atoms with van der Waals surface area (Å²) in [7, 11) is -3.96. The van der Waals surface area contributed by atoms with Gasteiger partial charge < -0.3 is 9.84 Å². The Morgan fingerprint density at radius 2 is 1.86 bits per heavy atom. The van der Waals surface area contributed by atoms with E-state index < -0.39 is 28.8 Å². The summed E-state index contributed by atoms with van der Waals surface area (Å²) in [5, 5.41) is 9.67. The SMILES string of the molecule is Cc1ccccc1S(=O)(=O)OCC(O)CC(=O)OCC(C)C. The number of carbonyl (C=O) groups excluding carboxylic acids is 1. The van der Waals surface area contributed by atoms with Crippen molar-refractivity contribution in [3.63, 3.8) is 0 Å². The highest BCUT2D eigenvalue weighted by Crippen LogP contribution is 2.17. The largest absolute Gasteiger partial charge is 0.465 e. The molecule has 1 unspecified atom stereocenters. The van der Waals surface area contributed by atoms with Crippen molar-refractivity contribution in [1.29, 1.82) is 0 Å². The third-order valence-corrected chi connectivity index (χ3v) is 4.20. The highest BCUT2D eigenvalue weighted by atomic mass is 32.2. The molecule has 1 aromatic carbocycles. The highest BCUT2D eigenvalue weighted by Gasteiger charge is 2.21. The van der Waals surface area contributed by atoms with Gasteiger partial charge in [-0.25, -0.2) is 0 Å². The second kappa shape index (κ2) is 8.26. The first-order chi connectivity index (χ1) is 10.2. The van der Waals surface area contributed by atoms with E-state index >= 15 is 0 Å². The summed E-state index contributed by atoms with van der Waals surface area (Å²) in [6.45, 7) is 5.19. The third-order valence-electron chi connectivity index (χ3n) is 2.76. The van der Waals surface area contributed by atoms with Crippen LogP contribution in [-0.2, 0) is 23.8 Å². The lowest BCUT2D eigenvalue weighted by Crippen LogP contribution is -2.24. The maximum Gasteiger partial charge on any atom is 0.308 e. The van der Waals surface area contributed by atoms with Gasteiger partial charge in [-0.15, -0.1) is 0 Å². The number of hydrogen-bond donors (Lipinski definition) is 1. The molecule has 22 heavy (non-hydrogen) atoms. The van der Waals surface area contributed by atoms with Crippen LogP contribution in [0.25, 0.3) is 0 Å². The highest BCUT2D eigenvalue weighted by molar-refractivity contribution is 7.86. The minimum absolute atomic E-state index is 0.0459. The number of benzene rings is 1. The van der Waals surface area contributed by atoms with E-state index in [-0.39, 0.29) is 23.8 Å². The molecule has 0 aliphatic carbocycles. The Hall–Kier alpha value is -1.44. The van der Waals surface area contributed by atoms with Gasteiger partial charge in [0.1, 0.15) is 0 Å². The average Bonchev–Trinajstić information content (AvgIpc) is 2.43. The lowest BCUT2D eigenvalue weighted by molar-refractivity contribution is -0.147. The van der Waals surface area contributed by atoms with Gasteiger partial charge in [-0.2, -0.15) is 8.42 Å². The van der Waals surface area contributed by atoms with Crippen LogP contribution in [0.1, 0.15) is 25.8 Å². The molecule has 0 radical (unpaired) electrons. The summed E-state index contributed by atoms with van der Waals surface area (Å²) >= 11 is 0. The van der Waals surface area contributed by atoms with Crippen LogP contribution in [0.3, 0.4) is 0 Å². The predicted octanol–water partition coefficient (Wildman–Crippen LogP) is 1.65. The Balaban J connectivity index is 2.51. The van der Waals surface area contributed by atoms with Gasteiger partial charge >= 0.3 is 5.97 Å². The number of aryl methyl sites for hydroxylation is 1. The van der Waals surface area contributed by atoms with E-state index in [0.29, 0.717) is 5.56 Å². The number of carbonyl (C=O) groups is 1. The zero-order chi connectivity index (χ0) is 16.8. The molecule has 0 aromatic heterocycles. The summed E-state index contributed by atoms with van der Waals surface area (Å²) in [6.07, 6.45) is -1.55. The van der Waals surface area contributed by atoms with Crippen LogP contribution >= 0.6 is 0 Å². The molecule has 124 valence electrons. The zero-order valence-corrected chi connectivity index (χ0v) is 13.8. The van der Waals surface area contributed by atoms with Crippen LogP contribution in [0.5, 0.6) is 0 Å². The molecule has 0 heterocycles. The molecule has 1 N–H and O–H groups in total. The van der Waals surface area contributed by atoms with Gasteiger partial charge in [0, 0.05) is 0 Å². The van der Waals surface area contributed by atoms with Gasteiger partial charge in [-0.1, -0.05) is 32.0 Å². The third kappa shape index (κ3) is 6.13. The van der Waals surface area contributed by atoms with E-state index in [1.165, 1.54) is 6.07 Å². The first kappa shape index (κ1) is 18.6. The predicted molar refractivity (Wildman–Crippen MR) is 80.7 cm³/mol. The fraction of sp³-hybridized carbons (Fsp3) is 0.533. The van der Waals surface area contributed by atoms with Gasteiger partial charge in [0.25, 0.3) is 10.1 Å². The molecule has 0 aliphatic rings. The molecule has 0 amide bonds. The second-order valence-electron chi connectivity index (χ2n) is 5.44. The Labute approximate surface area is 131 Å². The first-order valence-corrected chi connectivity index (χ1v) is 8.42. The number of aliphatic hydroxyl groups is 1. The van der Waals surface area contributed by atoms with Gasteiger partial charge in [-0.3, -0.25) is 8.98 Å². The Kier molecular flexibility index (Phi) is 6.99. The number of esters is 1. The topological polar surface area (TPSA) is 89.9 Å². The molecule has 1 rings (SSSR count). The summed E-state index contributed by atoms with van der Waals surface area (Å²) in [6, 6.07) is 6.38. The molecule has 1 aromatic rings. The molecule has 1 atom stereocenters. The Morgan fingerprint density at radius 3 is 2.45 bits per heavy atom. The fourth-order valence-corrected chi connectivity index (χ4v) is 2.81. The maximum absolute atomic E-state index is 12.0. The van der Waals surface area contributed by atoms with Crippen molar-refractivity contribution in [2.45, 2.75) is 38.2 Å². The summed E-state index contributed by atoms with van der Waals surface area (Å²) in [5.74, 6) is -0.392. The molecule has 6 nitrogen and oxygen atoms in total. The van der Waals surface area contributed by atoms with Crippen molar-refractivity contribution >= 4 is 16.1 Å².